The third-order valence-corrected chi connectivity index (χ3v) is 7.40. The molecule has 0 spiro atoms. The summed E-state index contributed by atoms with van der Waals surface area (Å²) in [7, 11) is -3.39. The van der Waals surface area contributed by atoms with Gasteiger partial charge in [0, 0.05) is 62.7 Å². The number of hydrogen-bond donors (Lipinski definition) is 3. The molecule has 1 fully saturated rings. The number of rotatable bonds is 9. The Balaban J connectivity index is 1.37. The normalized spacial score (nSPS) is 14.6. The number of anilines is 2. The molecule has 222 valence electrons. The number of likely N-dealkylation sites (tertiary alicyclic amines) is 1. The van der Waals surface area contributed by atoms with E-state index in [1.807, 2.05) is 48.6 Å². The molecular weight excluding hydrogens is 570 g/mol. The van der Waals surface area contributed by atoms with Crippen LogP contribution in [0.15, 0.2) is 36.8 Å². The van der Waals surface area contributed by atoms with Crippen molar-refractivity contribution in [3.05, 3.63) is 41.8 Å². The molecule has 1 aliphatic rings. The number of sulfone groups is 1. The third kappa shape index (κ3) is 8.70. The van der Waals surface area contributed by atoms with Crippen LogP contribution < -0.4 is 20.7 Å². The Labute approximate surface area is 244 Å². The van der Waals surface area contributed by atoms with Gasteiger partial charge in [0.25, 0.3) is 0 Å². The highest BCUT2D eigenvalue weighted by Crippen LogP contribution is 2.32. The second-order valence-electron chi connectivity index (χ2n) is 11.1. The van der Waals surface area contributed by atoms with Crippen molar-refractivity contribution in [3.8, 4) is 5.75 Å². The summed E-state index contributed by atoms with van der Waals surface area (Å²) in [6, 6.07) is 7.18. The average molecular weight is 606 g/mol. The Hall–Kier alpha value is -3.58. The third-order valence-electron chi connectivity index (χ3n) is 6.32. The Morgan fingerprint density at radius 2 is 1.88 bits per heavy atom. The van der Waals surface area contributed by atoms with Crippen LogP contribution in [0.3, 0.4) is 0 Å². The Morgan fingerprint density at radius 1 is 1.15 bits per heavy atom. The predicted molar refractivity (Wildman–Crippen MR) is 158 cm³/mol. The minimum atomic E-state index is -3.39. The van der Waals surface area contributed by atoms with Crippen LogP contribution in [0, 0.1) is 0 Å². The monoisotopic (exact) mass is 605 g/mol. The van der Waals surface area contributed by atoms with E-state index in [9.17, 15) is 18.0 Å². The van der Waals surface area contributed by atoms with Gasteiger partial charge in [-0.2, -0.15) is 0 Å². The van der Waals surface area contributed by atoms with Crippen LogP contribution in [-0.2, 0) is 21.2 Å². The molecule has 0 aliphatic carbocycles. The number of fused-ring (bicyclic) bond motifs is 1. The van der Waals surface area contributed by atoms with Crippen LogP contribution in [-0.4, -0.2) is 83.1 Å². The highest BCUT2D eigenvalue weighted by molar-refractivity contribution is 7.91. The second kappa shape index (κ2) is 12.5. The van der Waals surface area contributed by atoms with Crippen molar-refractivity contribution in [1.29, 1.82) is 0 Å². The Kier molecular flexibility index (Phi) is 9.27. The zero-order chi connectivity index (χ0) is 29.8. The van der Waals surface area contributed by atoms with Crippen LogP contribution in [0.2, 0.25) is 5.02 Å². The molecule has 3 N–H and O–H groups in total. The summed E-state index contributed by atoms with van der Waals surface area (Å²) < 4.78 is 30.7. The van der Waals surface area contributed by atoms with Crippen molar-refractivity contribution in [1.82, 2.24) is 30.1 Å². The van der Waals surface area contributed by atoms with Gasteiger partial charge >= 0.3 is 6.03 Å². The van der Waals surface area contributed by atoms with E-state index >= 15 is 0 Å². The lowest BCUT2D eigenvalue weighted by Gasteiger charge is -2.34. The first-order chi connectivity index (χ1) is 19.3. The van der Waals surface area contributed by atoms with E-state index < -0.39 is 21.5 Å². The van der Waals surface area contributed by atoms with E-state index in [1.54, 1.807) is 12.1 Å². The van der Waals surface area contributed by atoms with Crippen LogP contribution >= 0.6 is 11.6 Å². The summed E-state index contributed by atoms with van der Waals surface area (Å²) >= 11 is 6.58. The number of hydrogen-bond acceptors (Lipinski definition) is 8. The number of nitrogens with zero attached hydrogens (tertiary/aromatic N) is 4. The Morgan fingerprint density at radius 3 is 2.54 bits per heavy atom. The fourth-order valence-corrected chi connectivity index (χ4v) is 5.29. The van der Waals surface area contributed by atoms with Crippen molar-refractivity contribution in [2.24, 2.45) is 0 Å². The van der Waals surface area contributed by atoms with E-state index in [-0.39, 0.29) is 24.2 Å². The first-order valence-electron chi connectivity index (χ1n) is 13.3. The summed E-state index contributed by atoms with van der Waals surface area (Å²) in [6.07, 6.45) is 5.67. The van der Waals surface area contributed by atoms with Crippen molar-refractivity contribution >= 4 is 55.9 Å². The van der Waals surface area contributed by atoms with Gasteiger partial charge in [0.15, 0.2) is 15.7 Å². The molecule has 0 unspecified atom stereocenters. The molecule has 2 aromatic heterocycles. The van der Waals surface area contributed by atoms with Crippen LogP contribution in [0.1, 0.15) is 33.6 Å². The van der Waals surface area contributed by atoms with E-state index in [4.69, 9.17) is 16.3 Å². The highest BCUT2D eigenvalue weighted by Gasteiger charge is 2.26. The quantitative estimate of drug-likeness (QED) is 0.336. The molecule has 12 nitrogen and oxygen atoms in total. The lowest BCUT2D eigenvalue weighted by atomic mass is 10.1. The number of carbonyl (C=O) groups is 2. The maximum atomic E-state index is 12.4. The molecular formula is C27H36ClN7O5S. The lowest BCUT2D eigenvalue weighted by Crippen LogP contribution is -2.51. The van der Waals surface area contributed by atoms with Gasteiger partial charge in [-0.25, -0.2) is 23.2 Å². The van der Waals surface area contributed by atoms with Gasteiger partial charge < -0.3 is 30.2 Å². The molecule has 1 aliphatic heterocycles. The fourth-order valence-electron chi connectivity index (χ4n) is 4.48. The number of halogens is 1. The van der Waals surface area contributed by atoms with Gasteiger partial charge in [0.05, 0.1) is 10.5 Å². The number of carbonyl (C=O) groups excluding carboxylic acids is 2. The van der Waals surface area contributed by atoms with Gasteiger partial charge in [0.1, 0.15) is 29.5 Å². The molecule has 3 amide bonds. The van der Waals surface area contributed by atoms with E-state index in [0.717, 1.165) is 11.8 Å². The van der Waals surface area contributed by atoms with Gasteiger partial charge in [-0.05, 0) is 45.0 Å². The van der Waals surface area contributed by atoms with Gasteiger partial charge in [-0.15, -0.1) is 0 Å². The number of urea groups is 1. The standard InChI is InChI=1S/C27H36ClN7O5S/c1-27(2,3)33-26(37)35-11-7-19(8-12-35)40-22-6-5-18(15-20(22)28)32-25-24-21(30-17-31-25)9-13-34(24)14-10-29-23(36)16-41(4,38)39/h5-6,9,13,15,17,19H,7-8,10-12,14,16H2,1-4H3,(H,29,36)(H,33,37)(H,30,31,32). The Bertz CT molecular complexity index is 1510. The van der Waals surface area contributed by atoms with Crippen molar-refractivity contribution in [3.63, 3.8) is 0 Å². The smallest absolute Gasteiger partial charge is 0.317 e. The summed E-state index contributed by atoms with van der Waals surface area (Å²) in [5.41, 5.74) is 1.85. The van der Waals surface area contributed by atoms with Gasteiger partial charge in [0.2, 0.25) is 5.91 Å². The molecule has 0 saturated carbocycles. The minimum Gasteiger partial charge on any atom is -0.489 e. The van der Waals surface area contributed by atoms with Crippen molar-refractivity contribution < 1.29 is 22.7 Å². The highest BCUT2D eigenvalue weighted by atomic mass is 35.5. The molecule has 4 rings (SSSR count). The summed E-state index contributed by atoms with van der Waals surface area (Å²) in [6.45, 7) is 7.72. The molecule has 0 bridgehead atoms. The predicted octanol–water partition coefficient (Wildman–Crippen LogP) is 3.34. The average Bonchev–Trinajstić information content (AvgIpc) is 3.28. The largest absolute Gasteiger partial charge is 0.489 e. The van der Waals surface area contributed by atoms with Crippen LogP contribution in [0.25, 0.3) is 11.0 Å². The maximum Gasteiger partial charge on any atom is 0.317 e. The number of amides is 3. The lowest BCUT2D eigenvalue weighted by molar-refractivity contribution is -0.118. The number of nitrogens with one attached hydrogen (secondary N) is 3. The van der Waals surface area contributed by atoms with Gasteiger partial charge in [-0.3, -0.25) is 4.79 Å². The molecule has 0 radical (unpaired) electrons. The van der Waals surface area contributed by atoms with Crippen LogP contribution in [0.4, 0.5) is 16.3 Å². The maximum absolute atomic E-state index is 12.4. The topological polar surface area (TPSA) is 148 Å². The second-order valence-corrected chi connectivity index (χ2v) is 13.7. The van der Waals surface area contributed by atoms with Crippen LogP contribution in [0.5, 0.6) is 5.75 Å². The number of benzene rings is 1. The first-order valence-corrected chi connectivity index (χ1v) is 15.8. The minimum absolute atomic E-state index is 0.0484. The molecule has 41 heavy (non-hydrogen) atoms. The number of ether oxygens (including phenoxy) is 1. The van der Waals surface area contributed by atoms with Gasteiger partial charge in [-0.1, -0.05) is 11.6 Å². The summed E-state index contributed by atoms with van der Waals surface area (Å²) in [4.78, 5) is 34.8. The molecule has 14 heteroatoms. The number of piperidine rings is 1. The first kappa shape index (κ1) is 30.4. The molecule has 0 atom stereocenters. The molecule has 1 saturated heterocycles. The zero-order valence-corrected chi connectivity index (χ0v) is 25.2. The fraction of sp³-hybridized carbons (Fsp3) is 0.481. The van der Waals surface area contributed by atoms with E-state index in [0.29, 0.717) is 60.3 Å². The molecule has 1 aromatic carbocycles. The van der Waals surface area contributed by atoms with E-state index in [2.05, 4.69) is 25.9 Å². The van der Waals surface area contributed by atoms with E-state index in [1.165, 1.54) is 6.33 Å². The summed E-state index contributed by atoms with van der Waals surface area (Å²) in [5.74, 6) is 0.0138. The number of aromatic nitrogens is 3. The summed E-state index contributed by atoms with van der Waals surface area (Å²) in [5, 5.41) is 9.34. The SMILES string of the molecule is CC(C)(C)NC(=O)N1CCC(Oc2ccc(Nc3ncnc4ccn(CCNC(=O)CS(C)(=O)=O)c34)cc2Cl)CC1. The molecule has 3 aromatic rings. The van der Waals surface area contributed by atoms with Crippen molar-refractivity contribution in [2.45, 2.75) is 51.8 Å². The van der Waals surface area contributed by atoms with Crippen molar-refractivity contribution in [2.75, 3.05) is 37.0 Å². The molecule has 3 heterocycles. The zero-order valence-electron chi connectivity index (χ0n) is 23.6.